The van der Waals surface area contributed by atoms with Gasteiger partial charge in [0.25, 0.3) is 0 Å². The summed E-state index contributed by atoms with van der Waals surface area (Å²) in [6.07, 6.45) is 12.7. The molecule has 2 saturated heterocycles. The second kappa shape index (κ2) is 15.2. The molecule has 0 saturated carbocycles. The quantitative estimate of drug-likeness (QED) is 0.136. The van der Waals surface area contributed by atoms with Crippen molar-refractivity contribution in [3.05, 3.63) is 59.7 Å². The number of aryl methyl sites for hydroxylation is 1. The van der Waals surface area contributed by atoms with Gasteiger partial charge >= 0.3 is 0 Å². The SMILES string of the molecule is CCCCCCc1ccc(OCCOc2ccc(C=NNc3nc(N4CCCC4)nc(N4CCCC4)n3)cc2)cc1. The smallest absolute Gasteiger partial charge is 0.250 e. The van der Waals surface area contributed by atoms with Gasteiger partial charge < -0.3 is 19.3 Å². The lowest BCUT2D eigenvalue weighted by Crippen LogP contribution is -2.25. The first-order chi connectivity index (χ1) is 20.3. The fourth-order valence-electron chi connectivity index (χ4n) is 5.16. The molecule has 1 aromatic heterocycles. The summed E-state index contributed by atoms with van der Waals surface area (Å²) in [5.74, 6) is 3.61. The van der Waals surface area contributed by atoms with Gasteiger partial charge in [-0.1, -0.05) is 38.3 Å². The molecule has 2 aromatic carbocycles. The Labute approximate surface area is 244 Å². The molecule has 0 amide bonds. The van der Waals surface area contributed by atoms with Gasteiger partial charge in [0, 0.05) is 26.2 Å². The molecule has 0 unspecified atom stereocenters. The Morgan fingerprint density at radius 1 is 0.732 bits per heavy atom. The van der Waals surface area contributed by atoms with Crippen LogP contribution in [0.25, 0.3) is 0 Å². The molecule has 218 valence electrons. The molecule has 9 nitrogen and oxygen atoms in total. The predicted molar refractivity (Wildman–Crippen MR) is 166 cm³/mol. The lowest BCUT2D eigenvalue weighted by atomic mass is 10.1. The van der Waals surface area contributed by atoms with Crippen LogP contribution in [0.15, 0.2) is 53.6 Å². The van der Waals surface area contributed by atoms with Gasteiger partial charge in [0.2, 0.25) is 17.8 Å². The van der Waals surface area contributed by atoms with Crippen LogP contribution in [0.1, 0.15) is 69.4 Å². The lowest BCUT2D eigenvalue weighted by molar-refractivity contribution is 0.217. The first kappa shape index (κ1) is 28.6. The van der Waals surface area contributed by atoms with Crippen LogP contribution in [0.2, 0.25) is 0 Å². The number of unbranched alkanes of at least 4 members (excludes halogenated alkanes) is 3. The average molecular weight is 558 g/mol. The summed E-state index contributed by atoms with van der Waals surface area (Å²) in [6.45, 7) is 7.16. The van der Waals surface area contributed by atoms with Gasteiger partial charge in [-0.05, 0) is 86.1 Å². The third kappa shape index (κ3) is 8.80. The largest absolute Gasteiger partial charge is 0.490 e. The van der Waals surface area contributed by atoms with Gasteiger partial charge in [0.1, 0.15) is 24.7 Å². The van der Waals surface area contributed by atoms with Gasteiger partial charge in [0.15, 0.2) is 0 Å². The van der Waals surface area contributed by atoms with E-state index < -0.39 is 0 Å². The normalized spacial score (nSPS) is 15.1. The maximum Gasteiger partial charge on any atom is 0.250 e. The van der Waals surface area contributed by atoms with Crippen molar-refractivity contribution in [3.63, 3.8) is 0 Å². The summed E-state index contributed by atoms with van der Waals surface area (Å²) in [7, 11) is 0. The van der Waals surface area contributed by atoms with Crippen LogP contribution in [-0.2, 0) is 6.42 Å². The Balaban J connectivity index is 1.06. The van der Waals surface area contributed by atoms with Crippen molar-refractivity contribution in [2.45, 2.75) is 64.7 Å². The minimum atomic E-state index is 0.474. The third-order valence-corrected chi connectivity index (χ3v) is 7.51. The van der Waals surface area contributed by atoms with Crippen LogP contribution in [0.3, 0.4) is 0 Å². The zero-order chi connectivity index (χ0) is 28.1. The summed E-state index contributed by atoms with van der Waals surface area (Å²) in [6, 6.07) is 16.2. The van der Waals surface area contributed by atoms with E-state index in [1.54, 1.807) is 6.21 Å². The second-order valence-electron chi connectivity index (χ2n) is 10.7. The van der Waals surface area contributed by atoms with E-state index in [2.05, 4.69) is 61.5 Å². The minimum Gasteiger partial charge on any atom is -0.490 e. The maximum atomic E-state index is 5.86. The Morgan fingerprint density at radius 3 is 1.85 bits per heavy atom. The molecule has 41 heavy (non-hydrogen) atoms. The number of hydrazone groups is 1. The van der Waals surface area contributed by atoms with Gasteiger partial charge in [-0.15, -0.1) is 0 Å². The van der Waals surface area contributed by atoms with Crippen molar-refractivity contribution in [1.82, 2.24) is 15.0 Å². The fourth-order valence-corrected chi connectivity index (χ4v) is 5.16. The van der Waals surface area contributed by atoms with Crippen LogP contribution in [0.5, 0.6) is 11.5 Å². The average Bonchev–Trinajstić information content (AvgIpc) is 3.75. The van der Waals surface area contributed by atoms with Crippen LogP contribution in [0, 0.1) is 0 Å². The molecule has 0 radical (unpaired) electrons. The van der Waals surface area contributed by atoms with Crippen molar-refractivity contribution < 1.29 is 9.47 Å². The molecule has 0 aliphatic carbocycles. The highest BCUT2D eigenvalue weighted by Gasteiger charge is 2.21. The number of anilines is 3. The molecule has 2 fully saturated rings. The van der Waals surface area contributed by atoms with Crippen molar-refractivity contribution >= 4 is 24.1 Å². The molecule has 0 spiro atoms. The zero-order valence-corrected chi connectivity index (χ0v) is 24.3. The number of hydrogen-bond acceptors (Lipinski definition) is 9. The maximum absolute atomic E-state index is 5.86. The summed E-state index contributed by atoms with van der Waals surface area (Å²) >= 11 is 0. The van der Waals surface area contributed by atoms with Gasteiger partial charge in [-0.25, -0.2) is 5.43 Å². The molecular formula is C32H43N7O2. The standard InChI is InChI=1S/C32H43N7O2/c1-2-3-4-5-10-26-11-15-28(16-12-26)40-23-24-41-29-17-13-27(14-18-29)25-33-37-30-34-31(38-19-6-7-20-38)36-32(35-30)39-21-8-9-22-39/h11-18,25H,2-10,19-24H2,1H3,(H,34,35,36,37). The number of aromatic nitrogens is 3. The molecule has 1 N–H and O–H groups in total. The highest BCUT2D eigenvalue weighted by molar-refractivity contribution is 5.80. The van der Waals surface area contributed by atoms with Crippen molar-refractivity contribution in [2.75, 3.05) is 54.6 Å². The molecule has 9 heteroatoms. The van der Waals surface area contributed by atoms with Crippen LogP contribution < -0.4 is 24.7 Å². The zero-order valence-electron chi connectivity index (χ0n) is 24.3. The molecule has 2 aliphatic heterocycles. The number of ether oxygens (including phenoxy) is 2. The van der Waals surface area contributed by atoms with E-state index in [9.17, 15) is 0 Å². The molecular weight excluding hydrogens is 514 g/mol. The highest BCUT2D eigenvalue weighted by Crippen LogP contribution is 2.23. The lowest BCUT2D eigenvalue weighted by Gasteiger charge is -2.20. The van der Waals surface area contributed by atoms with Gasteiger partial charge in [-0.2, -0.15) is 20.1 Å². The molecule has 2 aliphatic rings. The van der Waals surface area contributed by atoms with Gasteiger partial charge in [0.05, 0.1) is 6.21 Å². The fraction of sp³-hybridized carbons (Fsp3) is 0.500. The highest BCUT2D eigenvalue weighted by atomic mass is 16.5. The van der Waals surface area contributed by atoms with E-state index in [0.29, 0.717) is 19.2 Å². The Kier molecular flexibility index (Phi) is 10.6. The minimum absolute atomic E-state index is 0.474. The van der Waals surface area contributed by atoms with E-state index in [1.165, 1.54) is 56.9 Å². The van der Waals surface area contributed by atoms with E-state index in [0.717, 1.165) is 61.6 Å². The Bertz CT molecular complexity index is 1190. The van der Waals surface area contributed by atoms with Crippen LogP contribution >= 0.6 is 0 Å². The molecule has 0 bridgehead atoms. The second-order valence-corrected chi connectivity index (χ2v) is 10.7. The van der Waals surface area contributed by atoms with E-state index in [-0.39, 0.29) is 0 Å². The summed E-state index contributed by atoms with van der Waals surface area (Å²) in [5.41, 5.74) is 5.34. The first-order valence-electron chi connectivity index (χ1n) is 15.3. The summed E-state index contributed by atoms with van der Waals surface area (Å²) in [5, 5.41) is 4.39. The van der Waals surface area contributed by atoms with E-state index >= 15 is 0 Å². The van der Waals surface area contributed by atoms with Crippen molar-refractivity contribution in [1.29, 1.82) is 0 Å². The van der Waals surface area contributed by atoms with Crippen LogP contribution in [-0.4, -0.2) is 60.6 Å². The number of nitrogens with one attached hydrogen (secondary N) is 1. The monoisotopic (exact) mass is 557 g/mol. The Morgan fingerprint density at radius 2 is 1.29 bits per heavy atom. The number of benzene rings is 2. The number of rotatable bonds is 15. The van der Waals surface area contributed by atoms with Crippen molar-refractivity contribution in [3.8, 4) is 11.5 Å². The third-order valence-electron chi connectivity index (χ3n) is 7.51. The van der Waals surface area contributed by atoms with E-state index in [4.69, 9.17) is 14.5 Å². The first-order valence-corrected chi connectivity index (χ1v) is 15.3. The predicted octanol–water partition coefficient (Wildman–Crippen LogP) is 6.10. The summed E-state index contributed by atoms with van der Waals surface area (Å²) < 4.78 is 11.7. The Hall–Kier alpha value is -3.88. The van der Waals surface area contributed by atoms with Crippen LogP contribution in [0.4, 0.5) is 17.8 Å². The molecule has 5 rings (SSSR count). The topological polar surface area (TPSA) is 88.0 Å². The molecule has 3 heterocycles. The summed E-state index contributed by atoms with van der Waals surface area (Å²) in [4.78, 5) is 18.5. The number of hydrogen-bond donors (Lipinski definition) is 1. The van der Waals surface area contributed by atoms with Crippen molar-refractivity contribution in [2.24, 2.45) is 5.10 Å². The number of nitrogens with zero attached hydrogens (tertiary/aromatic N) is 6. The molecule has 0 atom stereocenters. The molecule has 3 aromatic rings. The van der Waals surface area contributed by atoms with E-state index in [1.807, 2.05) is 24.3 Å². The van der Waals surface area contributed by atoms with Gasteiger partial charge in [-0.3, -0.25) is 0 Å².